The van der Waals surface area contributed by atoms with Crippen LogP contribution in [0.5, 0.6) is 0 Å². The number of carbonyl (C=O) groups excluding carboxylic acids is 1. The molecule has 112 valence electrons. The van der Waals surface area contributed by atoms with Gasteiger partial charge in [0.15, 0.2) is 0 Å². The van der Waals surface area contributed by atoms with E-state index in [9.17, 15) is 4.79 Å². The smallest absolute Gasteiger partial charge is 0.227 e. The lowest BCUT2D eigenvalue weighted by Gasteiger charge is -2.32. The van der Waals surface area contributed by atoms with Gasteiger partial charge in [-0.1, -0.05) is 0 Å². The lowest BCUT2D eigenvalue weighted by Crippen LogP contribution is -2.40. The van der Waals surface area contributed by atoms with Crippen molar-refractivity contribution in [2.24, 2.45) is 0 Å². The summed E-state index contributed by atoms with van der Waals surface area (Å²) in [5.74, 6) is 0.595. The van der Waals surface area contributed by atoms with Gasteiger partial charge in [0.25, 0.3) is 0 Å². The Morgan fingerprint density at radius 1 is 1.52 bits per heavy atom. The molecule has 21 heavy (non-hydrogen) atoms. The van der Waals surface area contributed by atoms with Gasteiger partial charge in [-0.3, -0.25) is 9.89 Å². The number of aryl methyl sites for hydroxylation is 2. The summed E-state index contributed by atoms with van der Waals surface area (Å²) in [5, 5.41) is 10.3. The van der Waals surface area contributed by atoms with E-state index in [4.69, 9.17) is 0 Å². The summed E-state index contributed by atoms with van der Waals surface area (Å²) in [7, 11) is 0. The van der Waals surface area contributed by atoms with Gasteiger partial charge in [0.2, 0.25) is 5.91 Å². The third kappa shape index (κ3) is 3.00. The highest BCUT2D eigenvalue weighted by Crippen LogP contribution is 2.28. The SMILES string of the molecule is Cc1n[nH]c(C)c1CC(=O)N1CCC[C@@H](c2nccs2)C1. The predicted molar refractivity (Wildman–Crippen MR) is 82.4 cm³/mol. The van der Waals surface area contributed by atoms with E-state index in [0.717, 1.165) is 47.9 Å². The lowest BCUT2D eigenvalue weighted by atomic mass is 9.98. The van der Waals surface area contributed by atoms with Crippen LogP contribution in [-0.2, 0) is 11.2 Å². The Balaban J connectivity index is 1.67. The molecular weight excluding hydrogens is 284 g/mol. The van der Waals surface area contributed by atoms with Gasteiger partial charge in [-0.25, -0.2) is 4.98 Å². The van der Waals surface area contributed by atoms with E-state index in [2.05, 4.69) is 15.2 Å². The second-order valence-electron chi connectivity index (χ2n) is 5.64. The zero-order valence-electron chi connectivity index (χ0n) is 12.4. The zero-order chi connectivity index (χ0) is 14.8. The number of nitrogens with zero attached hydrogens (tertiary/aromatic N) is 3. The number of amides is 1. The maximum absolute atomic E-state index is 12.6. The summed E-state index contributed by atoms with van der Waals surface area (Å²) in [6.07, 6.45) is 4.47. The first-order valence-corrected chi connectivity index (χ1v) is 8.20. The molecule has 5 nitrogen and oxygen atoms in total. The number of likely N-dealkylation sites (tertiary alicyclic amines) is 1. The van der Waals surface area contributed by atoms with Crippen LogP contribution in [-0.4, -0.2) is 39.1 Å². The summed E-state index contributed by atoms with van der Waals surface area (Å²) in [6.45, 7) is 5.57. The van der Waals surface area contributed by atoms with Gasteiger partial charge >= 0.3 is 0 Å². The standard InChI is InChI=1S/C15H20N4OS/c1-10-13(11(2)18-17-10)8-14(20)19-6-3-4-12(9-19)15-16-5-7-21-15/h5,7,12H,3-4,6,8-9H2,1-2H3,(H,17,18)/t12-/m1/s1. The summed E-state index contributed by atoms with van der Waals surface area (Å²) < 4.78 is 0. The molecule has 1 saturated heterocycles. The van der Waals surface area contributed by atoms with Crippen LogP contribution in [0, 0.1) is 13.8 Å². The molecule has 1 aliphatic rings. The second kappa shape index (κ2) is 5.97. The Labute approximate surface area is 128 Å². The minimum atomic E-state index is 0.198. The molecule has 1 fully saturated rings. The first kappa shape index (κ1) is 14.3. The van der Waals surface area contributed by atoms with Crippen LogP contribution in [0.4, 0.5) is 0 Å². The summed E-state index contributed by atoms with van der Waals surface area (Å²) >= 11 is 1.69. The van der Waals surface area contributed by atoms with Crippen molar-refractivity contribution in [1.29, 1.82) is 0 Å². The molecule has 3 rings (SSSR count). The average molecular weight is 304 g/mol. The fourth-order valence-corrected chi connectivity index (χ4v) is 3.71. The molecule has 2 aromatic heterocycles. The van der Waals surface area contributed by atoms with Gasteiger partial charge in [0.1, 0.15) is 0 Å². The van der Waals surface area contributed by atoms with Gasteiger partial charge < -0.3 is 4.90 Å². The molecule has 1 aliphatic heterocycles. The van der Waals surface area contributed by atoms with Crippen molar-refractivity contribution in [3.63, 3.8) is 0 Å². The highest BCUT2D eigenvalue weighted by molar-refractivity contribution is 7.09. The maximum atomic E-state index is 12.6. The molecule has 0 spiro atoms. The van der Waals surface area contributed by atoms with Crippen molar-refractivity contribution < 1.29 is 4.79 Å². The Morgan fingerprint density at radius 2 is 2.38 bits per heavy atom. The first-order chi connectivity index (χ1) is 10.1. The largest absolute Gasteiger partial charge is 0.342 e. The summed E-state index contributed by atoms with van der Waals surface area (Å²) in [4.78, 5) is 18.9. The molecule has 0 aromatic carbocycles. The summed E-state index contributed by atoms with van der Waals surface area (Å²) in [6, 6.07) is 0. The lowest BCUT2D eigenvalue weighted by molar-refractivity contribution is -0.131. The van der Waals surface area contributed by atoms with Gasteiger partial charge in [-0.15, -0.1) is 11.3 Å². The molecular formula is C15H20N4OS. The third-order valence-corrected chi connectivity index (χ3v) is 5.12. The van der Waals surface area contributed by atoms with E-state index in [1.807, 2.05) is 30.3 Å². The second-order valence-corrected chi connectivity index (χ2v) is 6.56. The van der Waals surface area contributed by atoms with Crippen LogP contribution in [0.15, 0.2) is 11.6 Å². The number of carbonyl (C=O) groups is 1. The molecule has 6 heteroatoms. The van der Waals surface area contributed by atoms with Gasteiger partial charge in [-0.05, 0) is 26.7 Å². The van der Waals surface area contributed by atoms with Crippen molar-refractivity contribution in [3.8, 4) is 0 Å². The van der Waals surface area contributed by atoms with E-state index < -0.39 is 0 Å². The van der Waals surface area contributed by atoms with Crippen molar-refractivity contribution >= 4 is 17.2 Å². The van der Waals surface area contributed by atoms with Crippen LogP contribution >= 0.6 is 11.3 Å². The molecule has 3 heterocycles. The zero-order valence-corrected chi connectivity index (χ0v) is 13.2. The predicted octanol–water partition coefficient (Wildman–Crippen LogP) is 2.43. The van der Waals surface area contributed by atoms with E-state index in [-0.39, 0.29) is 5.91 Å². The highest BCUT2D eigenvalue weighted by atomic mass is 32.1. The number of thiazole rings is 1. The van der Waals surface area contributed by atoms with E-state index >= 15 is 0 Å². The number of aromatic amines is 1. The number of hydrogen-bond donors (Lipinski definition) is 1. The Bertz CT molecular complexity index is 600. The van der Waals surface area contributed by atoms with Crippen molar-refractivity contribution in [3.05, 3.63) is 33.5 Å². The number of H-pyrrole nitrogens is 1. The van der Waals surface area contributed by atoms with Crippen molar-refractivity contribution in [2.75, 3.05) is 13.1 Å². The van der Waals surface area contributed by atoms with Crippen molar-refractivity contribution in [2.45, 2.75) is 39.0 Å². The normalized spacial score (nSPS) is 19.0. The monoisotopic (exact) mass is 304 g/mol. The number of aromatic nitrogens is 3. The number of nitrogens with one attached hydrogen (secondary N) is 1. The highest BCUT2D eigenvalue weighted by Gasteiger charge is 2.26. The van der Waals surface area contributed by atoms with Gasteiger partial charge in [0, 0.05) is 41.8 Å². The van der Waals surface area contributed by atoms with Crippen LogP contribution in [0.2, 0.25) is 0 Å². The Hall–Kier alpha value is -1.69. The van der Waals surface area contributed by atoms with E-state index in [1.165, 1.54) is 0 Å². The molecule has 1 amide bonds. The average Bonchev–Trinajstić information content (AvgIpc) is 3.13. The quantitative estimate of drug-likeness (QED) is 0.947. The van der Waals surface area contributed by atoms with Crippen LogP contribution < -0.4 is 0 Å². The molecule has 0 radical (unpaired) electrons. The van der Waals surface area contributed by atoms with E-state index in [0.29, 0.717) is 12.3 Å². The number of piperidine rings is 1. The van der Waals surface area contributed by atoms with Crippen LogP contribution in [0.25, 0.3) is 0 Å². The molecule has 0 saturated carbocycles. The maximum Gasteiger partial charge on any atom is 0.227 e. The number of hydrogen-bond acceptors (Lipinski definition) is 4. The molecule has 1 atom stereocenters. The fourth-order valence-electron chi connectivity index (χ4n) is 2.94. The topological polar surface area (TPSA) is 61.9 Å². The Kier molecular flexibility index (Phi) is 4.05. The summed E-state index contributed by atoms with van der Waals surface area (Å²) in [5.41, 5.74) is 2.96. The van der Waals surface area contributed by atoms with Gasteiger partial charge in [0.05, 0.1) is 17.1 Å². The molecule has 0 unspecified atom stereocenters. The van der Waals surface area contributed by atoms with E-state index in [1.54, 1.807) is 11.3 Å². The first-order valence-electron chi connectivity index (χ1n) is 7.32. The molecule has 2 aromatic rings. The van der Waals surface area contributed by atoms with Gasteiger partial charge in [-0.2, -0.15) is 5.10 Å². The van der Waals surface area contributed by atoms with Crippen LogP contribution in [0.3, 0.4) is 0 Å². The fraction of sp³-hybridized carbons (Fsp3) is 0.533. The minimum absolute atomic E-state index is 0.198. The molecule has 1 N–H and O–H groups in total. The minimum Gasteiger partial charge on any atom is -0.342 e. The Morgan fingerprint density at radius 3 is 3.05 bits per heavy atom. The molecule has 0 bridgehead atoms. The van der Waals surface area contributed by atoms with Crippen molar-refractivity contribution in [1.82, 2.24) is 20.1 Å². The number of rotatable bonds is 3. The molecule has 0 aliphatic carbocycles. The third-order valence-electron chi connectivity index (χ3n) is 4.18. The van der Waals surface area contributed by atoms with Crippen LogP contribution in [0.1, 0.15) is 40.7 Å².